The molecule has 0 aliphatic carbocycles. The zero-order valence-corrected chi connectivity index (χ0v) is 10.3. The third-order valence-corrected chi connectivity index (χ3v) is 2.05. The molecular formula is C11H20N4O. The number of hydrogen-bond acceptors (Lipinski definition) is 5. The highest BCUT2D eigenvalue weighted by Crippen LogP contribution is 2.12. The van der Waals surface area contributed by atoms with E-state index in [1.807, 2.05) is 20.0 Å². The van der Waals surface area contributed by atoms with Crippen molar-refractivity contribution in [2.75, 3.05) is 24.2 Å². The fraction of sp³-hybridized carbons (Fsp3) is 0.636. The second-order valence-corrected chi connectivity index (χ2v) is 4.32. The summed E-state index contributed by atoms with van der Waals surface area (Å²) in [5.41, 5.74) is -0.753. The first-order valence-electron chi connectivity index (χ1n) is 5.46. The maximum atomic E-state index is 9.61. The molecule has 0 aromatic carbocycles. The highest BCUT2D eigenvalue weighted by molar-refractivity contribution is 5.47. The molecule has 0 aliphatic heterocycles. The van der Waals surface area contributed by atoms with Crippen LogP contribution < -0.4 is 10.6 Å². The van der Waals surface area contributed by atoms with Crippen molar-refractivity contribution in [2.45, 2.75) is 32.8 Å². The summed E-state index contributed by atoms with van der Waals surface area (Å²) in [6, 6.07) is 1.82. The van der Waals surface area contributed by atoms with E-state index in [9.17, 15) is 5.11 Å². The Balaban J connectivity index is 2.79. The number of anilines is 2. The summed E-state index contributed by atoms with van der Waals surface area (Å²) in [6.45, 7) is 5.96. The quantitative estimate of drug-likeness (QED) is 0.702. The lowest BCUT2D eigenvalue weighted by Gasteiger charge is -2.18. The normalized spacial score (nSPS) is 11.3. The van der Waals surface area contributed by atoms with E-state index in [1.165, 1.54) is 0 Å². The van der Waals surface area contributed by atoms with Crippen LogP contribution in [0.3, 0.4) is 0 Å². The second kappa shape index (κ2) is 5.12. The molecule has 1 aromatic heterocycles. The number of nitrogens with zero attached hydrogens (tertiary/aromatic N) is 2. The zero-order valence-electron chi connectivity index (χ0n) is 10.3. The molecule has 0 unspecified atom stereocenters. The molecule has 0 saturated heterocycles. The lowest BCUT2D eigenvalue weighted by Crippen LogP contribution is -2.29. The Hall–Kier alpha value is -1.36. The van der Waals surface area contributed by atoms with Crippen LogP contribution in [0.1, 0.15) is 26.6 Å². The second-order valence-electron chi connectivity index (χ2n) is 4.32. The number of hydrogen-bond donors (Lipinski definition) is 3. The van der Waals surface area contributed by atoms with E-state index in [0.29, 0.717) is 6.54 Å². The van der Waals surface area contributed by atoms with Crippen LogP contribution in [0, 0.1) is 0 Å². The summed E-state index contributed by atoms with van der Waals surface area (Å²) < 4.78 is 0. The summed E-state index contributed by atoms with van der Waals surface area (Å²) in [5, 5.41) is 15.7. The Kier molecular flexibility index (Phi) is 4.06. The molecule has 0 fully saturated rings. The van der Waals surface area contributed by atoms with Gasteiger partial charge in [-0.1, -0.05) is 6.92 Å². The maximum absolute atomic E-state index is 9.61. The van der Waals surface area contributed by atoms with Crippen LogP contribution in [0.15, 0.2) is 6.07 Å². The van der Waals surface area contributed by atoms with E-state index in [0.717, 1.165) is 23.9 Å². The van der Waals surface area contributed by atoms with E-state index in [2.05, 4.69) is 20.6 Å². The molecule has 3 N–H and O–H groups in total. The maximum Gasteiger partial charge on any atom is 0.132 e. The Bertz CT molecular complexity index is 324. The summed E-state index contributed by atoms with van der Waals surface area (Å²) in [5.74, 6) is 2.30. The van der Waals surface area contributed by atoms with Crippen LogP contribution in [0.2, 0.25) is 0 Å². The molecule has 0 radical (unpaired) electrons. The summed E-state index contributed by atoms with van der Waals surface area (Å²) in [4.78, 5) is 8.62. The lowest BCUT2D eigenvalue weighted by molar-refractivity contribution is 0.0944. The first kappa shape index (κ1) is 12.7. The van der Waals surface area contributed by atoms with Gasteiger partial charge in [-0.2, -0.15) is 0 Å². The molecule has 0 amide bonds. The van der Waals surface area contributed by atoms with Gasteiger partial charge < -0.3 is 15.7 Å². The molecule has 5 nitrogen and oxygen atoms in total. The van der Waals surface area contributed by atoms with E-state index in [1.54, 1.807) is 13.8 Å². The van der Waals surface area contributed by atoms with Gasteiger partial charge in [-0.25, -0.2) is 9.97 Å². The van der Waals surface area contributed by atoms with Gasteiger partial charge in [0.1, 0.15) is 17.5 Å². The molecule has 0 aliphatic rings. The van der Waals surface area contributed by atoms with Crippen molar-refractivity contribution < 1.29 is 5.11 Å². The molecule has 1 aromatic rings. The number of aromatic nitrogens is 2. The van der Waals surface area contributed by atoms with Crippen LogP contribution in [0.5, 0.6) is 0 Å². The fourth-order valence-electron chi connectivity index (χ4n) is 1.18. The van der Waals surface area contributed by atoms with Gasteiger partial charge in [0.25, 0.3) is 0 Å². The third kappa shape index (κ3) is 4.02. The smallest absolute Gasteiger partial charge is 0.132 e. The van der Waals surface area contributed by atoms with Gasteiger partial charge in [-0.3, -0.25) is 0 Å². The standard InChI is InChI=1S/C11H20N4O/c1-5-8-14-9(12-4)6-10(15-8)13-7-11(2,3)16/h6,16H,5,7H2,1-4H3,(H2,12,13,14,15). The Morgan fingerprint density at radius 1 is 1.31 bits per heavy atom. The summed E-state index contributed by atoms with van der Waals surface area (Å²) in [7, 11) is 1.82. The Labute approximate surface area is 96.3 Å². The first-order chi connectivity index (χ1) is 7.44. The minimum Gasteiger partial charge on any atom is -0.389 e. The number of aliphatic hydroxyl groups is 1. The summed E-state index contributed by atoms with van der Waals surface area (Å²) in [6.07, 6.45) is 0.784. The predicted molar refractivity (Wildman–Crippen MR) is 65.7 cm³/mol. The topological polar surface area (TPSA) is 70.1 Å². The van der Waals surface area contributed by atoms with Crippen molar-refractivity contribution >= 4 is 11.6 Å². The molecular weight excluding hydrogens is 204 g/mol. The predicted octanol–water partition coefficient (Wildman–Crippen LogP) is 1.26. The molecule has 1 rings (SSSR count). The van der Waals surface area contributed by atoms with E-state index in [4.69, 9.17) is 0 Å². The average molecular weight is 224 g/mol. The molecule has 90 valence electrons. The van der Waals surface area contributed by atoms with Crippen LogP contribution in [0.25, 0.3) is 0 Å². The number of rotatable bonds is 5. The van der Waals surface area contributed by atoms with Gasteiger partial charge in [0.15, 0.2) is 0 Å². The van der Waals surface area contributed by atoms with Crippen molar-refractivity contribution in [2.24, 2.45) is 0 Å². The van der Waals surface area contributed by atoms with Gasteiger partial charge in [0.05, 0.1) is 5.60 Å². The SMILES string of the molecule is CCc1nc(NC)cc(NCC(C)(C)O)n1. The first-order valence-corrected chi connectivity index (χ1v) is 5.46. The van der Waals surface area contributed by atoms with Crippen molar-refractivity contribution in [3.05, 3.63) is 11.9 Å². The highest BCUT2D eigenvalue weighted by Gasteiger charge is 2.12. The van der Waals surface area contributed by atoms with E-state index in [-0.39, 0.29) is 0 Å². The van der Waals surface area contributed by atoms with Gasteiger partial charge in [0.2, 0.25) is 0 Å². The van der Waals surface area contributed by atoms with Crippen LogP contribution >= 0.6 is 0 Å². The fourth-order valence-corrected chi connectivity index (χ4v) is 1.18. The molecule has 5 heteroatoms. The van der Waals surface area contributed by atoms with Gasteiger partial charge in [-0.05, 0) is 13.8 Å². The van der Waals surface area contributed by atoms with Crippen LogP contribution in [-0.2, 0) is 6.42 Å². The average Bonchev–Trinajstić information content (AvgIpc) is 2.25. The molecule has 0 bridgehead atoms. The van der Waals surface area contributed by atoms with Crippen molar-refractivity contribution in [3.63, 3.8) is 0 Å². The lowest BCUT2D eigenvalue weighted by atomic mass is 10.1. The number of aryl methyl sites for hydroxylation is 1. The third-order valence-electron chi connectivity index (χ3n) is 2.05. The van der Waals surface area contributed by atoms with E-state index >= 15 is 0 Å². The van der Waals surface area contributed by atoms with Crippen molar-refractivity contribution in [1.82, 2.24) is 9.97 Å². The van der Waals surface area contributed by atoms with E-state index < -0.39 is 5.60 Å². The summed E-state index contributed by atoms with van der Waals surface area (Å²) >= 11 is 0. The molecule has 0 atom stereocenters. The van der Waals surface area contributed by atoms with Gasteiger partial charge >= 0.3 is 0 Å². The van der Waals surface area contributed by atoms with Crippen LogP contribution in [0.4, 0.5) is 11.6 Å². The Morgan fingerprint density at radius 3 is 2.44 bits per heavy atom. The largest absolute Gasteiger partial charge is 0.389 e. The molecule has 0 spiro atoms. The van der Waals surface area contributed by atoms with Gasteiger partial charge in [-0.15, -0.1) is 0 Å². The van der Waals surface area contributed by atoms with Crippen LogP contribution in [-0.4, -0.2) is 34.3 Å². The molecule has 1 heterocycles. The molecule has 16 heavy (non-hydrogen) atoms. The zero-order chi connectivity index (χ0) is 12.2. The minimum atomic E-state index is -0.753. The Morgan fingerprint density at radius 2 is 1.94 bits per heavy atom. The minimum absolute atomic E-state index is 0.455. The molecule has 0 saturated carbocycles. The highest BCUT2D eigenvalue weighted by atomic mass is 16.3. The van der Waals surface area contributed by atoms with Crippen molar-refractivity contribution in [1.29, 1.82) is 0 Å². The van der Waals surface area contributed by atoms with Crippen molar-refractivity contribution in [3.8, 4) is 0 Å². The number of nitrogens with one attached hydrogen (secondary N) is 2. The van der Waals surface area contributed by atoms with Gasteiger partial charge in [0, 0.05) is 26.1 Å². The monoisotopic (exact) mass is 224 g/mol.